The van der Waals surface area contributed by atoms with Gasteiger partial charge < -0.3 is 10.1 Å². The van der Waals surface area contributed by atoms with Crippen molar-refractivity contribution < 1.29 is 35.5 Å². The van der Waals surface area contributed by atoms with E-state index in [4.69, 9.17) is 0 Å². The normalized spacial score (nSPS) is 22.9. The first-order chi connectivity index (χ1) is 17.6. The number of ether oxygens (including phenoxy) is 1. The second-order valence-electron chi connectivity index (χ2n) is 9.49. The Bertz CT molecular complexity index is 1380. The summed E-state index contributed by atoms with van der Waals surface area (Å²) in [6, 6.07) is 10.3. The Hall–Kier alpha value is -2.73. The highest BCUT2D eigenvalue weighted by Crippen LogP contribution is 2.39. The standard InChI is InChI=1S/C25H24F4N2O4S2/c26-19-10-13(11-20(19)27)9-18(14-1-4-16(5-2-14)37(33,34)17-6-7-17)23(32)31-25-30-21-8-3-15(35-24(28)29)12-22(21)36-25/h1-5,8,12-13,17-20,24H,6-7,9-11H2,(H,30,31,32)/t13?,18-,19?,20?/m1/s1. The number of amides is 1. The number of nitrogens with zero attached hydrogens (tertiary/aromatic N) is 1. The third kappa shape index (κ3) is 5.74. The quantitative estimate of drug-likeness (QED) is 0.325. The molecule has 2 aromatic carbocycles. The molecule has 1 amide bonds. The number of halogens is 4. The minimum atomic E-state index is -3.41. The molecule has 2 unspecified atom stereocenters. The molecule has 1 heterocycles. The molecular formula is C25H24F4N2O4S2. The Morgan fingerprint density at radius 2 is 1.76 bits per heavy atom. The van der Waals surface area contributed by atoms with E-state index >= 15 is 0 Å². The number of rotatable bonds is 9. The van der Waals surface area contributed by atoms with E-state index in [1.807, 2.05) is 0 Å². The summed E-state index contributed by atoms with van der Waals surface area (Å²) in [5, 5.41) is 2.59. The van der Waals surface area contributed by atoms with Gasteiger partial charge in [-0.25, -0.2) is 22.2 Å². The van der Waals surface area contributed by atoms with Gasteiger partial charge in [0.2, 0.25) is 5.91 Å². The molecule has 1 N–H and O–H groups in total. The van der Waals surface area contributed by atoms with Crippen molar-refractivity contribution in [3.63, 3.8) is 0 Å². The van der Waals surface area contributed by atoms with Crippen LogP contribution >= 0.6 is 11.3 Å². The summed E-state index contributed by atoms with van der Waals surface area (Å²) in [6.07, 6.45) is -1.70. The van der Waals surface area contributed by atoms with Crippen molar-refractivity contribution in [3.8, 4) is 5.75 Å². The third-order valence-corrected chi connectivity index (χ3v) is 10.00. The number of nitrogens with one attached hydrogen (secondary N) is 1. The van der Waals surface area contributed by atoms with Crippen LogP contribution in [0.1, 0.15) is 43.6 Å². The Morgan fingerprint density at radius 1 is 1.08 bits per heavy atom. The summed E-state index contributed by atoms with van der Waals surface area (Å²) in [6.45, 7) is -2.97. The summed E-state index contributed by atoms with van der Waals surface area (Å²) in [4.78, 5) is 17.9. The Balaban J connectivity index is 1.38. The van der Waals surface area contributed by atoms with Crippen LogP contribution < -0.4 is 10.1 Å². The summed E-state index contributed by atoms with van der Waals surface area (Å²) in [5.41, 5.74) is 1.00. The van der Waals surface area contributed by atoms with Crippen molar-refractivity contribution in [1.29, 1.82) is 0 Å². The zero-order valence-electron chi connectivity index (χ0n) is 19.4. The van der Waals surface area contributed by atoms with Crippen LogP contribution in [0.4, 0.5) is 22.7 Å². The van der Waals surface area contributed by atoms with E-state index in [1.54, 1.807) is 12.1 Å². The molecule has 0 saturated heterocycles. The summed E-state index contributed by atoms with van der Waals surface area (Å²) in [7, 11) is -3.41. The highest BCUT2D eigenvalue weighted by molar-refractivity contribution is 7.92. The predicted molar refractivity (Wildman–Crippen MR) is 131 cm³/mol. The van der Waals surface area contributed by atoms with Crippen molar-refractivity contribution in [2.45, 2.75) is 67.1 Å². The molecule has 2 fully saturated rings. The fourth-order valence-corrected chi connectivity index (χ4v) is 7.29. The number of alkyl halides is 4. The second-order valence-corrected chi connectivity index (χ2v) is 12.7. The molecule has 0 spiro atoms. The molecule has 37 heavy (non-hydrogen) atoms. The number of thiazole rings is 1. The van der Waals surface area contributed by atoms with E-state index in [9.17, 15) is 30.8 Å². The van der Waals surface area contributed by atoms with Crippen LogP contribution in [0.3, 0.4) is 0 Å². The summed E-state index contributed by atoms with van der Waals surface area (Å²) < 4.78 is 82.8. The van der Waals surface area contributed by atoms with E-state index < -0.39 is 40.6 Å². The number of fused-ring (bicyclic) bond motifs is 1. The fourth-order valence-electron chi connectivity index (χ4n) is 4.74. The molecule has 12 heteroatoms. The van der Waals surface area contributed by atoms with E-state index in [0.717, 1.165) is 11.3 Å². The van der Waals surface area contributed by atoms with Gasteiger partial charge in [0.15, 0.2) is 15.0 Å². The van der Waals surface area contributed by atoms with Crippen molar-refractivity contribution in [3.05, 3.63) is 48.0 Å². The van der Waals surface area contributed by atoms with Crippen molar-refractivity contribution in [2.75, 3.05) is 5.32 Å². The molecule has 6 nitrogen and oxygen atoms in total. The maximum Gasteiger partial charge on any atom is 0.387 e. The average molecular weight is 557 g/mol. The monoisotopic (exact) mass is 556 g/mol. The van der Waals surface area contributed by atoms with Gasteiger partial charge in [0.1, 0.15) is 18.1 Å². The van der Waals surface area contributed by atoms with Crippen molar-refractivity contribution in [2.24, 2.45) is 5.92 Å². The molecule has 1 aromatic heterocycles. The van der Waals surface area contributed by atoms with Gasteiger partial charge in [0.25, 0.3) is 0 Å². The van der Waals surface area contributed by atoms with Gasteiger partial charge in [-0.15, -0.1) is 0 Å². The average Bonchev–Trinajstić information content (AvgIpc) is 3.56. The topological polar surface area (TPSA) is 85.4 Å². The molecular weight excluding hydrogens is 532 g/mol. The SMILES string of the molecule is O=C(Nc1nc2ccc(OC(F)F)cc2s1)[C@H](CC1CC(F)C(F)C1)c1ccc(S(=O)(=O)C2CC2)cc1. The molecule has 5 rings (SSSR count). The maximum absolute atomic E-state index is 13.9. The Labute approximate surface area is 215 Å². The molecule has 2 saturated carbocycles. The molecule has 0 bridgehead atoms. The lowest BCUT2D eigenvalue weighted by Gasteiger charge is -2.20. The molecule has 3 atom stereocenters. The van der Waals surface area contributed by atoms with Crippen molar-refractivity contribution in [1.82, 2.24) is 4.98 Å². The van der Waals surface area contributed by atoms with Crippen LogP contribution in [-0.2, 0) is 14.6 Å². The van der Waals surface area contributed by atoms with Gasteiger partial charge in [0.05, 0.1) is 26.3 Å². The zero-order valence-corrected chi connectivity index (χ0v) is 21.1. The van der Waals surface area contributed by atoms with Crippen LogP contribution in [0.5, 0.6) is 5.75 Å². The molecule has 0 radical (unpaired) electrons. The largest absolute Gasteiger partial charge is 0.435 e. The molecule has 198 valence electrons. The van der Waals surface area contributed by atoms with Gasteiger partial charge in [-0.3, -0.25) is 4.79 Å². The predicted octanol–water partition coefficient (Wildman–Crippen LogP) is 6.03. The summed E-state index contributed by atoms with van der Waals surface area (Å²) >= 11 is 1.07. The number of sulfone groups is 1. The lowest BCUT2D eigenvalue weighted by Crippen LogP contribution is -2.23. The number of carbonyl (C=O) groups is 1. The first-order valence-electron chi connectivity index (χ1n) is 11.9. The Kier molecular flexibility index (Phi) is 7.14. The summed E-state index contributed by atoms with van der Waals surface area (Å²) in [5.74, 6) is -1.66. The van der Waals surface area contributed by atoms with Crippen LogP contribution in [0.25, 0.3) is 10.2 Å². The minimum absolute atomic E-state index is 0.00708. The first kappa shape index (κ1) is 25.9. The van der Waals surface area contributed by atoms with E-state index in [2.05, 4.69) is 15.0 Å². The number of hydrogen-bond acceptors (Lipinski definition) is 6. The van der Waals surface area contributed by atoms with Crippen LogP contribution in [-0.4, -0.2) is 43.5 Å². The minimum Gasteiger partial charge on any atom is -0.435 e. The van der Waals surface area contributed by atoms with Gasteiger partial charge in [-0.2, -0.15) is 8.78 Å². The number of carbonyl (C=O) groups excluding carboxylic acids is 1. The lowest BCUT2D eigenvalue weighted by molar-refractivity contribution is -0.118. The number of anilines is 1. The van der Waals surface area contributed by atoms with E-state index in [0.29, 0.717) is 28.6 Å². The smallest absolute Gasteiger partial charge is 0.387 e. The fraction of sp³-hybridized carbons (Fsp3) is 0.440. The molecule has 2 aliphatic rings. The van der Waals surface area contributed by atoms with Crippen LogP contribution in [0.2, 0.25) is 0 Å². The Morgan fingerprint density at radius 3 is 2.38 bits per heavy atom. The number of benzene rings is 2. The van der Waals surface area contributed by atoms with E-state index in [-0.39, 0.29) is 46.2 Å². The van der Waals surface area contributed by atoms with E-state index in [1.165, 1.54) is 30.3 Å². The maximum atomic E-state index is 13.9. The van der Waals surface area contributed by atoms with Crippen LogP contribution in [0.15, 0.2) is 47.4 Å². The van der Waals surface area contributed by atoms with Crippen LogP contribution in [0, 0.1) is 5.92 Å². The molecule has 3 aromatic rings. The third-order valence-electron chi connectivity index (χ3n) is 6.78. The molecule has 2 aliphatic carbocycles. The van der Waals surface area contributed by atoms with Gasteiger partial charge >= 0.3 is 6.61 Å². The first-order valence-corrected chi connectivity index (χ1v) is 14.2. The number of aromatic nitrogens is 1. The number of hydrogen-bond donors (Lipinski definition) is 1. The second kappa shape index (κ2) is 10.2. The molecule has 0 aliphatic heterocycles. The van der Waals surface area contributed by atoms with Gasteiger partial charge in [-0.05, 0) is 73.9 Å². The van der Waals surface area contributed by atoms with Crippen molar-refractivity contribution >= 4 is 42.4 Å². The zero-order chi connectivity index (χ0) is 26.3. The highest BCUT2D eigenvalue weighted by Gasteiger charge is 2.39. The lowest BCUT2D eigenvalue weighted by atomic mass is 9.87. The highest BCUT2D eigenvalue weighted by atomic mass is 32.2. The van der Waals surface area contributed by atoms with Gasteiger partial charge in [0, 0.05) is 0 Å². The van der Waals surface area contributed by atoms with Gasteiger partial charge in [-0.1, -0.05) is 23.5 Å².